The fraction of sp³-hybridized carbons (Fsp3) is 0.0625. The van der Waals surface area contributed by atoms with Crippen LogP contribution in [0.15, 0.2) is 53.7 Å². The molecule has 0 spiro atoms. The Morgan fingerprint density at radius 1 is 1.16 bits per heavy atom. The zero-order chi connectivity index (χ0) is 12.8. The Hall–Kier alpha value is -2.55. The van der Waals surface area contributed by atoms with E-state index in [1.807, 2.05) is 30.3 Å². The highest BCUT2D eigenvalue weighted by Crippen LogP contribution is 2.43. The van der Waals surface area contributed by atoms with Crippen molar-refractivity contribution < 1.29 is 4.74 Å². The summed E-state index contributed by atoms with van der Waals surface area (Å²) in [5.41, 5.74) is 3.61. The van der Waals surface area contributed by atoms with Crippen LogP contribution in [0.3, 0.4) is 0 Å². The molecule has 1 atom stereocenters. The molecule has 1 aliphatic heterocycles. The Labute approximate surface area is 109 Å². The standard InChI is InChI=1S/C16H11NO2/c18-14-7-8-17-13-6-5-10-11-3-1-2-4-15(11)19-9-12(10)16(13)14/h1-10H,(H,17,18). The van der Waals surface area contributed by atoms with Crippen molar-refractivity contribution in [3.63, 3.8) is 0 Å². The average molecular weight is 249 g/mol. The molecule has 1 aromatic heterocycles. The molecule has 2 aromatic rings. The number of hydrogen-bond acceptors (Lipinski definition) is 2. The fourth-order valence-corrected chi connectivity index (χ4v) is 2.75. The second-order valence-electron chi connectivity index (χ2n) is 4.70. The van der Waals surface area contributed by atoms with E-state index in [9.17, 15) is 4.79 Å². The second-order valence-corrected chi connectivity index (χ2v) is 4.70. The van der Waals surface area contributed by atoms with Crippen molar-refractivity contribution in [3.05, 3.63) is 75.9 Å². The molecule has 0 saturated heterocycles. The Balaban J connectivity index is 1.97. The molecule has 0 radical (unpaired) electrons. The summed E-state index contributed by atoms with van der Waals surface area (Å²) in [6.45, 7) is 0. The third kappa shape index (κ3) is 1.41. The third-order valence-corrected chi connectivity index (χ3v) is 3.64. The van der Waals surface area contributed by atoms with Gasteiger partial charge in [0.15, 0.2) is 5.43 Å². The molecular formula is C16H11NO2. The molecule has 4 rings (SSSR count). The summed E-state index contributed by atoms with van der Waals surface area (Å²) in [6.07, 6.45) is 7.45. The average Bonchev–Trinajstić information content (AvgIpc) is 2.46. The molecule has 1 unspecified atom stereocenters. The first kappa shape index (κ1) is 10.4. The number of nitrogens with one attached hydrogen (secondary N) is 1. The molecule has 0 saturated carbocycles. The molecule has 0 bridgehead atoms. The van der Waals surface area contributed by atoms with Crippen LogP contribution in [-0.4, -0.2) is 4.98 Å². The lowest BCUT2D eigenvalue weighted by molar-refractivity contribution is 0.464. The van der Waals surface area contributed by atoms with Crippen molar-refractivity contribution >= 4 is 11.6 Å². The molecule has 1 aliphatic carbocycles. The van der Waals surface area contributed by atoms with Gasteiger partial charge in [-0.3, -0.25) is 4.79 Å². The zero-order valence-corrected chi connectivity index (χ0v) is 10.1. The molecular weight excluding hydrogens is 238 g/mol. The summed E-state index contributed by atoms with van der Waals surface area (Å²) in [4.78, 5) is 15.2. The minimum Gasteiger partial charge on any atom is -0.464 e. The van der Waals surface area contributed by atoms with Crippen LogP contribution < -0.4 is 10.2 Å². The predicted octanol–water partition coefficient (Wildman–Crippen LogP) is 2.92. The number of ether oxygens (including phenoxy) is 1. The number of para-hydroxylation sites is 1. The van der Waals surface area contributed by atoms with Gasteiger partial charge in [0.05, 0.1) is 11.8 Å². The van der Waals surface area contributed by atoms with Gasteiger partial charge in [-0.2, -0.15) is 0 Å². The minimum absolute atomic E-state index is 0.0253. The van der Waals surface area contributed by atoms with Crippen LogP contribution in [-0.2, 0) is 0 Å². The molecule has 3 nitrogen and oxygen atoms in total. The van der Waals surface area contributed by atoms with Crippen molar-refractivity contribution in [2.75, 3.05) is 0 Å². The summed E-state index contributed by atoms with van der Waals surface area (Å²) in [5, 5.41) is 0. The van der Waals surface area contributed by atoms with Crippen LogP contribution >= 0.6 is 0 Å². The van der Waals surface area contributed by atoms with E-state index in [0.717, 1.165) is 22.6 Å². The van der Waals surface area contributed by atoms with E-state index < -0.39 is 0 Å². The Kier molecular flexibility index (Phi) is 2.03. The van der Waals surface area contributed by atoms with Crippen LogP contribution in [0.5, 0.6) is 5.75 Å². The van der Waals surface area contributed by atoms with Gasteiger partial charge in [0.25, 0.3) is 0 Å². The first-order valence-electron chi connectivity index (χ1n) is 6.20. The van der Waals surface area contributed by atoms with Crippen molar-refractivity contribution in [3.8, 4) is 5.75 Å². The van der Waals surface area contributed by atoms with Gasteiger partial charge in [-0.25, -0.2) is 0 Å². The van der Waals surface area contributed by atoms with E-state index in [1.165, 1.54) is 0 Å². The first-order chi connectivity index (χ1) is 9.34. The molecule has 0 amide bonds. The van der Waals surface area contributed by atoms with Crippen LogP contribution in [0.25, 0.3) is 11.6 Å². The van der Waals surface area contributed by atoms with E-state index in [4.69, 9.17) is 4.74 Å². The molecule has 2 aliphatic rings. The van der Waals surface area contributed by atoms with Crippen molar-refractivity contribution in [1.29, 1.82) is 0 Å². The van der Waals surface area contributed by atoms with Gasteiger partial charge >= 0.3 is 0 Å². The lowest BCUT2D eigenvalue weighted by Crippen LogP contribution is -2.19. The van der Waals surface area contributed by atoms with Crippen molar-refractivity contribution in [2.24, 2.45) is 0 Å². The molecule has 2 heterocycles. The number of hydrogen-bond donors (Lipinski definition) is 1. The number of benzene rings is 1. The topological polar surface area (TPSA) is 42.1 Å². The van der Waals surface area contributed by atoms with Gasteiger partial charge in [-0.15, -0.1) is 0 Å². The Morgan fingerprint density at radius 3 is 3.00 bits per heavy atom. The maximum absolute atomic E-state index is 12.1. The molecule has 0 fully saturated rings. The Bertz CT molecular complexity index is 783. The molecule has 1 N–H and O–H groups in total. The van der Waals surface area contributed by atoms with E-state index in [-0.39, 0.29) is 11.3 Å². The summed E-state index contributed by atoms with van der Waals surface area (Å²) in [7, 11) is 0. The number of rotatable bonds is 0. The number of pyridine rings is 1. The van der Waals surface area contributed by atoms with Gasteiger partial charge < -0.3 is 9.72 Å². The van der Waals surface area contributed by atoms with Crippen LogP contribution in [0.4, 0.5) is 0 Å². The lowest BCUT2D eigenvalue weighted by atomic mass is 9.81. The number of H-pyrrole nitrogens is 1. The molecule has 19 heavy (non-hydrogen) atoms. The van der Waals surface area contributed by atoms with Crippen LogP contribution in [0.2, 0.25) is 0 Å². The van der Waals surface area contributed by atoms with Crippen LogP contribution in [0, 0.1) is 0 Å². The number of allylic oxidation sites excluding steroid dienone is 2. The Morgan fingerprint density at radius 2 is 2.05 bits per heavy atom. The normalized spacial score (nSPS) is 18.7. The third-order valence-electron chi connectivity index (χ3n) is 3.64. The lowest BCUT2D eigenvalue weighted by Gasteiger charge is -2.27. The first-order valence-corrected chi connectivity index (χ1v) is 6.20. The highest BCUT2D eigenvalue weighted by Gasteiger charge is 2.29. The summed E-state index contributed by atoms with van der Waals surface area (Å²) in [5.74, 6) is 0.956. The SMILES string of the molecule is O=c1cc[nH]c2c1C1=COc3ccccc3C1C=C2. The quantitative estimate of drug-likeness (QED) is 0.780. The van der Waals surface area contributed by atoms with Gasteiger partial charge in [0.2, 0.25) is 0 Å². The van der Waals surface area contributed by atoms with Gasteiger partial charge in [0, 0.05) is 35.0 Å². The van der Waals surface area contributed by atoms with Crippen LogP contribution in [0.1, 0.15) is 22.7 Å². The van der Waals surface area contributed by atoms with Gasteiger partial charge in [0.1, 0.15) is 5.75 Å². The van der Waals surface area contributed by atoms with E-state index in [1.54, 1.807) is 18.5 Å². The largest absolute Gasteiger partial charge is 0.464 e. The smallest absolute Gasteiger partial charge is 0.189 e. The maximum Gasteiger partial charge on any atom is 0.189 e. The highest BCUT2D eigenvalue weighted by atomic mass is 16.5. The molecule has 1 aromatic carbocycles. The van der Waals surface area contributed by atoms with Gasteiger partial charge in [-0.1, -0.05) is 24.3 Å². The fourth-order valence-electron chi connectivity index (χ4n) is 2.75. The summed E-state index contributed by atoms with van der Waals surface area (Å²) in [6, 6.07) is 9.48. The van der Waals surface area contributed by atoms with E-state index >= 15 is 0 Å². The zero-order valence-electron chi connectivity index (χ0n) is 10.1. The second kappa shape index (κ2) is 3.72. The summed E-state index contributed by atoms with van der Waals surface area (Å²) >= 11 is 0. The highest BCUT2D eigenvalue weighted by molar-refractivity contribution is 5.84. The number of aromatic amines is 1. The predicted molar refractivity (Wildman–Crippen MR) is 73.9 cm³/mol. The van der Waals surface area contributed by atoms with Crippen molar-refractivity contribution in [1.82, 2.24) is 4.98 Å². The van der Waals surface area contributed by atoms with E-state index in [0.29, 0.717) is 5.56 Å². The number of aromatic nitrogens is 1. The molecule has 92 valence electrons. The monoisotopic (exact) mass is 249 g/mol. The maximum atomic E-state index is 12.1. The number of fused-ring (bicyclic) bond motifs is 5. The summed E-state index contributed by atoms with van der Waals surface area (Å²) < 4.78 is 5.66. The van der Waals surface area contributed by atoms with Crippen molar-refractivity contribution in [2.45, 2.75) is 5.92 Å². The van der Waals surface area contributed by atoms with Gasteiger partial charge in [-0.05, 0) is 12.1 Å². The van der Waals surface area contributed by atoms with E-state index in [2.05, 4.69) is 11.1 Å². The molecule has 3 heteroatoms. The minimum atomic E-state index is 0.0253.